The predicted molar refractivity (Wildman–Crippen MR) is 95.6 cm³/mol. The molecular weight excluding hydrogens is 371 g/mol. The molecule has 1 N–H and O–H groups in total. The first-order valence-corrected chi connectivity index (χ1v) is 7.90. The third-order valence-corrected chi connectivity index (χ3v) is 4.15. The van der Waals surface area contributed by atoms with Crippen LogP contribution in [0.5, 0.6) is 0 Å². The summed E-state index contributed by atoms with van der Waals surface area (Å²) in [5.74, 6) is 1.05. The summed E-state index contributed by atoms with van der Waals surface area (Å²) in [6.45, 7) is 1.56. The highest BCUT2D eigenvalue weighted by atomic mass is 35.5. The molecule has 0 bridgehead atoms. The van der Waals surface area contributed by atoms with E-state index in [2.05, 4.69) is 15.3 Å². The quantitative estimate of drug-likeness (QED) is 0.548. The summed E-state index contributed by atoms with van der Waals surface area (Å²) in [5, 5.41) is 11.3. The molecule has 0 saturated heterocycles. The zero-order valence-corrected chi connectivity index (χ0v) is 14.6. The van der Waals surface area contributed by atoms with Gasteiger partial charge in [-0.3, -0.25) is 9.89 Å². The van der Waals surface area contributed by atoms with Gasteiger partial charge in [-0.15, -0.1) is 0 Å². The van der Waals surface area contributed by atoms with Gasteiger partial charge >= 0.3 is 0 Å². The Kier molecular flexibility index (Phi) is 4.66. The second kappa shape index (κ2) is 6.72. The van der Waals surface area contributed by atoms with Crippen molar-refractivity contribution in [3.05, 3.63) is 67.0 Å². The van der Waals surface area contributed by atoms with E-state index in [-0.39, 0.29) is 10.5 Å². The summed E-state index contributed by atoms with van der Waals surface area (Å²) in [6.07, 6.45) is 1.39. The second-order valence-electron chi connectivity index (χ2n) is 4.81. The number of halogens is 2. The topological polar surface area (TPSA) is 76.2 Å². The number of aromatic amines is 1. The molecule has 0 saturated carbocycles. The average molecular weight is 381 g/mol. The number of aryl methyl sites for hydroxylation is 1. The molecule has 0 radical (unpaired) electrons. The molecule has 0 aliphatic heterocycles. The molecule has 0 aliphatic carbocycles. The van der Waals surface area contributed by atoms with E-state index < -0.39 is 5.56 Å². The van der Waals surface area contributed by atoms with E-state index in [1.807, 2.05) is 0 Å². The van der Waals surface area contributed by atoms with Crippen LogP contribution >= 0.6 is 35.4 Å². The SMILES string of the molecule is Cc1n[nH]c(=S)n(N=Cc2ccc(-c3ccc(Cl)c(Cl)c3)o2)c1=O. The zero-order chi connectivity index (χ0) is 17.3. The summed E-state index contributed by atoms with van der Waals surface area (Å²) in [4.78, 5) is 11.9. The molecule has 3 aromatic rings. The van der Waals surface area contributed by atoms with Gasteiger partial charge in [0.15, 0.2) is 0 Å². The maximum Gasteiger partial charge on any atom is 0.296 e. The molecular formula is C15H10Cl2N4O2S. The highest BCUT2D eigenvalue weighted by Gasteiger charge is 2.07. The van der Waals surface area contributed by atoms with Crippen molar-refractivity contribution in [1.29, 1.82) is 0 Å². The first-order valence-electron chi connectivity index (χ1n) is 6.73. The van der Waals surface area contributed by atoms with Gasteiger partial charge in [0.2, 0.25) is 4.77 Å². The number of hydrogen-bond acceptors (Lipinski definition) is 5. The molecule has 0 spiro atoms. The van der Waals surface area contributed by atoms with Gasteiger partial charge in [0, 0.05) is 5.56 Å². The summed E-state index contributed by atoms with van der Waals surface area (Å²) in [6, 6.07) is 8.67. The Bertz CT molecular complexity index is 1050. The number of H-pyrrole nitrogens is 1. The van der Waals surface area contributed by atoms with Crippen LogP contribution in [0.1, 0.15) is 11.5 Å². The predicted octanol–water partition coefficient (Wildman–Crippen LogP) is 4.06. The number of furan rings is 1. The summed E-state index contributed by atoms with van der Waals surface area (Å²) in [7, 11) is 0. The third-order valence-electron chi connectivity index (χ3n) is 3.14. The lowest BCUT2D eigenvalue weighted by atomic mass is 10.2. The van der Waals surface area contributed by atoms with Gasteiger partial charge in [-0.2, -0.15) is 14.9 Å². The third kappa shape index (κ3) is 3.33. The fourth-order valence-electron chi connectivity index (χ4n) is 1.92. The lowest BCUT2D eigenvalue weighted by molar-refractivity contribution is 0.573. The number of nitrogens with one attached hydrogen (secondary N) is 1. The summed E-state index contributed by atoms with van der Waals surface area (Å²) < 4.78 is 6.81. The number of aromatic nitrogens is 3. The van der Waals surface area contributed by atoms with Crippen molar-refractivity contribution in [2.24, 2.45) is 5.10 Å². The van der Waals surface area contributed by atoms with E-state index in [1.54, 1.807) is 37.3 Å². The van der Waals surface area contributed by atoms with E-state index in [9.17, 15) is 4.79 Å². The van der Waals surface area contributed by atoms with Gasteiger partial charge in [0.25, 0.3) is 5.56 Å². The summed E-state index contributed by atoms with van der Waals surface area (Å²) in [5.41, 5.74) is 0.640. The van der Waals surface area contributed by atoms with Crippen LogP contribution in [0, 0.1) is 11.7 Å². The molecule has 122 valence electrons. The van der Waals surface area contributed by atoms with E-state index in [1.165, 1.54) is 6.21 Å². The molecule has 0 fully saturated rings. The number of rotatable bonds is 3. The number of nitrogens with zero attached hydrogens (tertiary/aromatic N) is 3. The van der Waals surface area contributed by atoms with Crippen LogP contribution in [-0.4, -0.2) is 21.1 Å². The Hall–Kier alpha value is -2.22. The highest BCUT2D eigenvalue weighted by Crippen LogP contribution is 2.29. The van der Waals surface area contributed by atoms with Crippen LogP contribution in [-0.2, 0) is 0 Å². The van der Waals surface area contributed by atoms with E-state index in [0.717, 1.165) is 10.2 Å². The Morgan fingerprint density at radius 3 is 2.83 bits per heavy atom. The minimum Gasteiger partial charge on any atom is -0.455 e. The largest absolute Gasteiger partial charge is 0.455 e. The van der Waals surface area contributed by atoms with Gasteiger partial charge in [-0.05, 0) is 49.5 Å². The normalized spacial score (nSPS) is 11.3. The molecule has 0 atom stereocenters. The Morgan fingerprint density at radius 2 is 2.08 bits per heavy atom. The van der Waals surface area contributed by atoms with Crippen molar-refractivity contribution in [3.63, 3.8) is 0 Å². The Labute approximate surface area is 151 Å². The zero-order valence-electron chi connectivity index (χ0n) is 12.3. The Morgan fingerprint density at radius 1 is 1.29 bits per heavy atom. The lowest BCUT2D eigenvalue weighted by Gasteiger charge is -2.00. The molecule has 0 aliphatic rings. The molecule has 2 heterocycles. The van der Waals surface area contributed by atoms with Crippen LogP contribution in [0.4, 0.5) is 0 Å². The van der Waals surface area contributed by atoms with Crippen LogP contribution in [0.25, 0.3) is 11.3 Å². The number of hydrogen-bond donors (Lipinski definition) is 1. The highest BCUT2D eigenvalue weighted by molar-refractivity contribution is 7.71. The van der Waals surface area contributed by atoms with Gasteiger partial charge in [0.05, 0.1) is 16.3 Å². The molecule has 24 heavy (non-hydrogen) atoms. The summed E-state index contributed by atoms with van der Waals surface area (Å²) >= 11 is 16.9. The molecule has 0 amide bonds. The molecule has 9 heteroatoms. The maximum atomic E-state index is 11.9. The van der Waals surface area contributed by atoms with Crippen LogP contribution in [0.3, 0.4) is 0 Å². The Balaban J connectivity index is 1.92. The molecule has 2 aromatic heterocycles. The van der Waals surface area contributed by atoms with E-state index in [4.69, 9.17) is 39.8 Å². The standard InChI is InChI=1S/C15H10Cl2N4O2S/c1-8-14(22)21(15(24)20-19-8)18-7-10-3-5-13(23-10)9-2-4-11(16)12(17)6-9/h2-7H,1H3,(H,20,24). The van der Waals surface area contributed by atoms with Gasteiger partial charge in [0.1, 0.15) is 17.2 Å². The molecule has 0 unspecified atom stereocenters. The van der Waals surface area contributed by atoms with Gasteiger partial charge < -0.3 is 4.42 Å². The van der Waals surface area contributed by atoms with Crippen molar-refractivity contribution in [1.82, 2.24) is 14.9 Å². The van der Waals surface area contributed by atoms with E-state index in [0.29, 0.717) is 21.6 Å². The monoisotopic (exact) mass is 380 g/mol. The maximum absolute atomic E-state index is 11.9. The van der Waals surface area contributed by atoms with E-state index >= 15 is 0 Å². The minimum absolute atomic E-state index is 0.0955. The minimum atomic E-state index is -0.397. The molecule has 3 rings (SSSR count). The fraction of sp³-hybridized carbons (Fsp3) is 0.0667. The van der Waals surface area contributed by atoms with Crippen molar-refractivity contribution in [3.8, 4) is 11.3 Å². The average Bonchev–Trinajstić information content (AvgIpc) is 3.03. The fourth-order valence-corrected chi connectivity index (χ4v) is 2.39. The van der Waals surface area contributed by atoms with Crippen molar-refractivity contribution < 1.29 is 4.42 Å². The first-order chi connectivity index (χ1) is 11.5. The van der Waals surface area contributed by atoms with Gasteiger partial charge in [-0.25, -0.2) is 0 Å². The van der Waals surface area contributed by atoms with Crippen LogP contribution in [0.2, 0.25) is 10.0 Å². The van der Waals surface area contributed by atoms with Crippen LogP contribution in [0.15, 0.2) is 44.6 Å². The van der Waals surface area contributed by atoms with Crippen molar-refractivity contribution in [2.45, 2.75) is 6.92 Å². The van der Waals surface area contributed by atoms with Crippen LogP contribution < -0.4 is 5.56 Å². The smallest absolute Gasteiger partial charge is 0.296 e. The second-order valence-corrected chi connectivity index (χ2v) is 6.01. The van der Waals surface area contributed by atoms with Crippen molar-refractivity contribution in [2.75, 3.05) is 0 Å². The molecule has 6 nitrogen and oxygen atoms in total. The lowest BCUT2D eigenvalue weighted by Crippen LogP contribution is -2.22. The van der Waals surface area contributed by atoms with Gasteiger partial charge in [-0.1, -0.05) is 23.2 Å². The van der Waals surface area contributed by atoms with Crippen molar-refractivity contribution >= 4 is 41.6 Å². The molecule has 1 aromatic carbocycles. The number of benzene rings is 1. The first kappa shape index (κ1) is 16.6.